The average molecular weight is 368 g/mol. The van der Waals surface area contributed by atoms with Gasteiger partial charge in [-0.05, 0) is 44.6 Å². The first kappa shape index (κ1) is 16.1. The molecule has 0 aliphatic heterocycles. The van der Waals surface area contributed by atoms with Gasteiger partial charge in [0.05, 0.1) is 16.9 Å². The molecule has 2 unspecified atom stereocenters. The molecule has 0 saturated heterocycles. The lowest BCUT2D eigenvalue weighted by molar-refractivity contribution is 0.290. The average Bonchev–Trinajstić information content (AvgIpc) is 3.15. The Labute approximate surface area is 157 Å². The van der Waals surface area contributed by atoms with Gasteiger partial charge in [0.1, 0.15) is 0 Å². The van der Waals surface area contributed by atoms with Crippen LogP contribution in [0.5, 0.6) is 0 Å². The van der Waals surface area contributed by atoms with Crippen LogP contribution in [-0.4, -0.2) is 26.0 Å². The number of nitrogens with two attached hydrogens (primary N) is 1. The van der Waals surface area contributed by atoms with E-state index < -0.39 is 0 Å². The van der Waals surface area contributed by atoms with Gasteiger partial charge in [-0.25, -0.2) is 9.97 Å². The number of nitrogens with one attached hydrogen (secondary N) is 2. The fourth-order valence-electron chi connectivity index (χ4n) is 4.83. The second-order valence-corrected chi connectivity index (χ2v) is 8.34. The highest BCUT2D eigenvalue weighted by Crippen LogP contribution is 2.48. The molecule has 0 amide bonds. The van der Waals surface area contributed by atoms with Crippen LogP contribution in [0.4, 0.5) is 5.95 Å². The second-order valence-electron chi connectivity index (χ2n) is 7.94. The summed E-state index contributed by atoms with van der Waals surface area (Å²) in [5.74, 6) is 0.640. The van der Waals surface area contributed by atoms with Crippen molar-refractivity contribution in [1.29, 1.82) is 0 Å². The molecular formula is C20H22ClN5. The summed E-state index contributed by atoms with van der Waals surface area (Å²) in [4.78, 5) is 12.5. The van der Waals surface area contributed by atoms with E-state index in [1.807, 2.05) is 24.4 Å². The maximum Gasteiger partial charge on any atom is 0.223 e. The van der Waals surface area contributed by atoms with E-state index in [0.29, 0.717) is 11.0 Å². The van der Waals surface area contributed by atoms with Crippen LogP contribution >= 0.6 is 11.6 Å². The Bertz CT molecular complexity index is 983. The SMILES string of the molecule is NC12CCCC(Nc3ncc(Cl)c(-c4c[nH]c5ccccc45)n3)(CC1)C2. The number of halogens is 1. The number of H-pyrrole nitrogens is 1. The van der Waals surface area contributed by atoms with Crippen LogP contribution in [0.15, 0.2) is 36.7 Å². The van der Waals surface area contributed by atoms with E-state index in [1.165, 1.54) is 0 Å². The van der Waals surface area contributed by atoms with E-state index in [4.69, 9.17) is 22.3 Å². The Balaban J connectivity index is 1.52. The van der Waals surface area contributed by atoms with Crippen LogP contribution in [0, 0.1) is 0 Å². The van der Waals surface area contributed by atoms with Gasteiger partial charge < -0.3 is 16.0 Å². The largest absolute Gasteiger partial charge is 0.360 e. The smallest absolute Gasteiger partial charge is 0.223 e. The standard InChI is InChI=1S/C20H22ClN5/c21-15-11-24-18(26-20-7-3-6-19(22,12-20)8-9-20)25-17(15)14-10-23-16-5-2-1-4-13(14)16/h1-2,4-5,10-11,23H,3,6-9,12,22H2,(H,24,25,26). The van der Waals surface area contributed by atoms with Crippen molar-refractivity contribution in [2.24, 2.45) is 5.73 Å². The van der Waals surface area contributed by atoms with Gasteiger partial charge >= 0.3 is 0 Å². The summed E-state index contributed by atoms with van der Waals surface area (Å²) in [5.41, 5.74) is 9.36. The van der Waals surface area contributed by atoms with Crippen molar-refractivity contribution in [1.82, 2.24) is 15.0 Å². The molecule has 26 heavy (non-hydrogen) atoms. The maximum atomic E-state index is 6.53. The second kappa shape index (κ2) is 5.69. The number of rotatable bonds is 3. The van der Waals surface area contributed by atoms with Crippen molar-refractivity contribution in [2.45, 2.75) is 49.6 Å². The molecule has 0 spiro atoms. The zero-order valence-corrected chi connectivity index (χ0v) is 15.3. The first-order valence-electron chi connectivity index (χ1n) is 9.22. The molecule has 2 bridgehead atoms. The molecule has 2 atom stereocenters. The molecule has 134 valence electrons. The third kappa shape index (κ3) is 2.58. The van der Waals surface area contributed by atoms with E-state index in [9.17, 15) is 0 Å². The Kier molecular flexibility index (Phi) is 3.52. The van der Waals surface area contributed by atoms with Crippen LogP contribution in [-0.2, 0) is 0 Å². The Hall–Kier alpha value is -2.11. The monoisotopic (exact) mass is 367 g/mol. The van der Waals surface area contributed by atoms with Gasteiger partial charge in [0.25, 0.3) is 0 Å². The number of hydrogen-bond acceptors (Lipinski definition) is 4. The number of para-hydroxylation sites is 1. The van der Waals surface area contributed by atoms with Gasteiger partial charge in [-0.15, -0.1) is 0 Å². The molecule has 2 aromatic heterocycles. The highest BCUT2D eigenvalue weighted by atomic mass is 35.5. The lowest BCUT2D eigenvalue weighted by Gasteiger charge is -2.38. The minimum atomic E-state index is -0.0165. The molecular weight excluding hydrogens is 346 g/mol. The number of aromatic amines is 1. The fraction of sp³-hybridized carbons (Fsp3) is 0.400. The summed E-state index contributed by atoms with van der Waals surface area (Å²) in [6.07, 6.45) is 10.2. The number of anilines is 1. The van der Waals surface area contributed by atoms with E-state index in [-0.39, 0.29) is 11.1 Å². The highest BCUT2D eigenvalue weighted by molar-refractivity contribution is 6.33. The number of aromatic nitrogens is 3. The summed E-state index contributed by atoms with van der Waals surface area (Å²) in [5, 5.41) is 5.28. The van der Waals surface area contributed by atoms with E-state index in [1.54, 1.807) is 6.20 Å². The Morgan fingerprint density at radius 1 is 1.15 bits per heavy atom. The fourth-order valence-corrected chi connectivity index (χ4v) is 5.03. The molecule has 5 rings (SSSR count). The first-order valence-corrected chi connectivity index (χ1v) is 9.60. The molecule has 2 aliphatic rings. The van der Waals surface area contributed by atoms with Crippen molar-refractivity contribution in [2.75, 3.05) is 5.32 Å². The number of benzene rings is 1. The molecule has 2 heterocycles. The van der Waals surface area contributed by atoms with Crippen molar-refractivity contribution in [3.8, 4) is 11.3 Å². The topological polar surface area (TPSA) is 79.6 Å². The molecule has 5 nitrogen and oxygen atoms in total. The third-order valence-corrected chi connectivity index (χ3v) is 6.36. The van der Waals surface area contributed by atoms with Gasteiger partial charge in [-0.3, -0.25) is 0 Å². The van der Waals surface area contributed by atoms with Gasteiger partial charge in [0.15, 0.2) is 0 Å². The first-order chi connectivity index (χ1) is 12.6. The quantitative estimate of drug-likeness (QED) is 0.637. The number of nitrogens with zero attached hydrogens (tertiary/aromatic N) is 2. The van der Waals surface area contributed by atoms with Crippen LogP contribution in [0.1, 0.15) is 38.5 Å². The number of fused-ring (bicyclic) bond motifs is 3. The zero-order valence-electron chi connectivity index (χ0n) is 14.6. The van der Waals surface area contributed by atoms with Crippen molar-refractivity contribution >= 4 is 28.5 Å². The molecule has 1 aromatic carbocycles. The Morgan fingerprint density at radius 3 is 2.96 bits per heavy atom. The predicted octanol–water partition coefficient (Wildman–Crippen LogP) is 4.49. The van der Waals surface area contributed by atoms with Gasteiger partial charge in [-0.1, -0.05) is 29.8 Å². The lowest BCUT2D eigenvalue weighted by Crippen LogP contribution is -2.47. The van der Waals surface area contributed by atoms with Crippen LogP contribution in [0.25, 0.3) is 22.2 Å². The van der Waals surface area contributed by atoms with Gasteiger partial charge in [-0.2, -0.15) is 0 Å². The highest BCUT2D eigenvalue weighted by Gasteiger charge is 2.49. The molecule has 3 aromatic rings. The third-order valence-electron chi connectivity index (χ3n) is 6.09. The summed E-state index contributed by atoms with van der Waals surface area (Å²) in [6, 6.07) is 8.16. The van der Waals surface area contributed by atoms with Crippen LogP contribution in [0.2, 0.25) is 5.02 Å². The summed E-state index contributed by atoms with van der Waals surface area (Å²) >= 11 is 6.44. The minimum absolute atomic E-state index is 0.0165. The lowest BCUT2D eigenvalue weighted by atomic mass is 9.79. The molecule has 6 heteroatoms. The Morgan fingerprint density at radius 2 is 2.04 bits per heavy atom. The summed E-state index contributed by atoms with van der Waals surface area (Å²) in [6.45, 7) is 0. The van der Waals surface area contributed by atoms with Crippen molar-refractivity contribution in [3.05, 3.63) is 41.7 Å². The zero-order chi connectivity index (χ0) is 17.8. The molecule has 2 saturated carbocycles. The summed E-state index contributed by atoms with van der Waals surface area (Å²) < 4.78 is 0. The molecule has 4 N–H and O–H groups in total. The van der Waals surface area contributed by atoms with Gasteiger partial charge in [0, 0.05) is 33.7 Å². The van der Waals surface area contributed by atoms with Crippen LogP contribution < -0.4 is 11.1 Å². The predicted molar refractivity (Wildman–Crippen MR) is 105 cm³/mol. The maximum absolute atomic E-state index is 6.53. The normalized spacial score (nSPS) is 27.8. The number of hydrogen-bond donors (Lipinski definition) is 3. The van der Waals surface area contributed by atoms with Crippen molar-refractivity contribution in [3.63, 3.8) is 0 Å². The molecule has 0 radical (unpaired) electrons. The van der Waals surface area contributed by atoms with Crippen LogP contribution in [0.3, 0.4) is 0 Å². The molecule has 2 fully saturated rings. The van der Waals surface area contributed by atoms with Crippen molar-refractivity contribution < 1.29 is 0 Å². The van der Waals surface area contributed by atoms with Gasteiger partial charge in [0.2, 0.25) is 5.95 Å². The van der Waals surface area contributed by atoms with E-state index in [2.05, 4.69) is 21.4 Å². The minimum Gasteiger partial charge on any atom is -0.360 e. The van der Waals surface area contributed by atoms with E-state index >= 15 is 0 Å². The summed E-state index contributed by atoms with van der Waals surface area (Å²) in [7, 11) is 0. The van der Waals surface area contributed by atoms with E-state index in [0.717, 1.165) is 60.7 Å². The molecule has 2 aliphatic carbocycles.